The molecular weight excluding hydrogens is 166 g/mol. The SMILES string of the molecule is CC(C)OC(=O)C(F)(F)C(C)C. The smallest absolute Gasteiger partial charge is 0.377 e. The lowest BCUT2D eigenvalue weighted by molar-refractivity contribution is -0.182. The van der Waals surface area contributed by atoms with Crippen LogP contribution in [0.1, 0.15) is 27.7 Å². The molecule has 0 aliphatic heterocycles. The predicted molar refractivity (Wildman–Crippen MR) is 41.0 cm³/mol. The van der Waals surface area contributed by atoms with E-state index in [0.29, 0.717) is 0 Å². The van der Waals surface area contributed by atoms with Crippen LogP contribution in [0.4, 0.5) is 8.78 Å². The van der Waals surface area contributed by atoms with Crippen molar-refractivity contribution in [3.63, 3.8) is 0 Å². The number of hydrogen-bond acceptors (Lipinski definition) is 2. The Kier molecular flexibility index (Phi) is 3.61. The molecule has 0 aromatic carbocycles. The first-order valence-corrected chi connectivity index (χ1v) is 3.87. The molecule has 2 nitrogen and oxygen atoms in total. The zero-order valence-electron chi connectivity index (χ0n) is 7.73. The summed E-state index contributed by atoms with van der Waals surface area (Å²) in [6.45, 7) is 5.63. The molecule has 0 fully saturated rings. The van der Waals surface area contributed by atoms with E-state index in [1.165, 1.54) is 27.7 Å². The number of rotatable bonds is 3. The van der Waals surface area contributed by atoms with Crippen molar-refractivity contribution in [2.45, 2.75) is 39.7 Å². The molecule has 0 atom stereocenters. The first kappa shape index (κ1) is 11.3. The molecule has 0 aromatic rings. The fourth-order valence-electron chi connectivity index (χ4n) is 0.528. The zero-order chi connectivity index (χ0) is 9.94. The van der Waals surface area contributed by atoms with Gasteiger partial charge in [0.25, 0.3) is 0 Å². The summed E-state index contributed by atoms with van der Waals surface area (Å²) in [4.78, 5) is 10.7. The topological polar surface area (TPSA) is 26.3 Å². The van der Waals surface area contributed by atoms with Crippen molar-refractivity contribution in [1.82, 2.24) is 0 Å². The number of halogens is 2. The monoisotopic (exact) mass is 180 g/mol. The molecule has 0 unspecified atom stereocenters. The van der Waals surface area contributed by atoms with Crippen molar-refractivity contribution in [2.24, 2.45) is 5.92 Å². The van der Waals surface area contributed by atoms with Crippen LogP contribution in [0.15, 0.2) is 0 Å². The van der Waals surface area contributed by atoms with Crippen LogP contribution in [0.2, 0.25) is 0 Å². The molecule has 0 amide bonds. The van der Waals surface area contributed by atoms with Crippen LogP contribution in [0.5, 0.6) is 0 Å². The van der Waals surface area contributed by atoms with E-state index in [4.69, 9.17) is 0 Å². The molecule has 72 valence electrons. The van der Waals surface area contributed by atoms with Gasteiger partial charge in [0.2, 0.25) is 0 Å². The van der Waals surface area contributed by atoms with Crippen LogP contribution in [-0.4, -0.2) is 18.0 Å². The van der Waals surface area contributed by atoms with Crippen LogP contribution in [0, 0.1) is 5.92 Å². The van der Waals surface area contributed by atoms with Gasteiger partial charge in [-0.3, -0.25) is 0 Å². The summed E-state index contributed by atoms with van der Waals surface area (Å²) in [7, 11) is 0. The molecule has 0 aliphatic carbocycles. The van der Waals surface area contributed by atoms with E-state index >= 15 is 0 Å². The third kappa shape index (κ3) is 2.75. The van der Waals surface area contributed by atoms with Crippen LogP contribution >= 0.6 is 0 Å². The maximum absolute atomic E-state index is 12.8. The molecule has 0 radical (unpaired) electrons. The van der Waals surface area contributed by atoms with Crippen molar-refractivity contribution in [3.8, 4) is 0 Å². The van der Waals surface area contributed by atoms with E-state index in [-0.39, 0.29) is 0 Å². The number of alkyl halides is 2. The Morgan fingerprint density at radius 2 is 1.67 bits per heavy atom. The quantitative estimate of drug-likeness (QED) is 0.622. The minimum Gasteiger partial charge on any atom is -0.459 e. The Bertz CT molecular complexity index is 164. The van der Waals surface area contributed by atoms with Gasteiger partial charge in [0.1, 0.15) is 0 Å². The molecule has 4 heteroatoms. The Morgan fingerprint density at radius 1 is 1.25 bits per heavy atom. The lowest BCUT2D eigenvalue weighted by Gasteiger charge is -2.19. The summed E-state index contributed by atoms with van der Waals surface area (Å²) < 4.78 is 30.0. The fourth-order valence-corrected chi connectivity index (χ4v) is 0.528. The first-order chi connectivity index (χ1) is 5.28. The number of esters is 1. The lowest BCUT2D eigenvalue weighted by Crippen LogP contribution is -2.37. The molecule has 12 heavy (non-hydrogen) atoms. The van der Waals surface area contributed by atoms with E-state index in [1.807, 2.05) is 0 Å². The average molecular weight is 180 g/mol. The maximum Gasteiger partial charge on any atom is 0.377 e. The van der Waals surface area contributed by atoms with Crippen molar-refractivity contribution in [1.29, 1.82) is 0 Å². The summed E-state index contributed by atoms with van der Waals surface area (Å²) in [6, 6.07) is 0. The molecule has 0 aliphatic rings. The van der Waals surface area contributed by atoms with E-state index in [1.54, 1.807) is 0 Å². The number of carbonyl (C=O) groups is 1. The zero-order valence-corrected chi connectivity index (χ0v) is 7.73. The van der Waals surface area contributed by atoms with Crippen molar-refractivity contribution < 1.29 is 18.3 Å². The van der Waals surface area contributed by atoms with E-state index in [0.717, 1.165) is 0 Å². The van der Waals surface area contributed by atoms with Gasteiger partial charge < -0.3 is 4.74 Å². The van der Waals surface area contributed by atoms with Gasteiger partial charge in [-0.1, -0.05) is 13.8 Å². The third-order valence-electron chi connectivity index (χ3n) is 1.34. The second-order valence-electron chi connectivity index (χ2n) is 3.23. The molecule has 0 N–H and O–H groups in total. The molecular formula is C8H14F2O2. The molecule has 0 spiro atoms. The second-order valence-corrected chi connectivity index (χ2v) is 3.23. The number of carbonyl (C=O) groups excluding carboxylic acids is 1. The molecule has 0 saturated heterocycles. The van der Waals surface area contributed by atoms with Gasteiger partial charge in [0.15, 0.2) is 0 Å². The first-order valence-electron chi connectivity index (χ1n) is 3.87. The number of ether oxygens (including phenoxy) is 1. The highest BCUT2D eigenvalue weighted by Crippen LogP contribution is 2.25. The highest BCUT2D eigenvalue weighted by molar-refractivity contribution is 5.77. The highest BCUT2D eigenvalue weighted by Gasteiger charge is 2.44. The molecule has 0 aromatic heterocycles. The fraction of sp³-hybridized carbons (Fsp3) is 0.875. The van der Waals surface area contributed by atoms with E-state index in [2.05, 4.69) is 4.74 Å². The lowest BCUT2D eigenvalue weighted by atomic mass is 10.1. The van der Waals surface area contributed by atoms with Crippen molar-refractivity contribution >= 4 is 5.97 Å². The average Bonchev–Trinajstić information content (AvgIpc) is 1.85. The van der Waals surface area contributed by atoms with Gasteiger partial charge in [-0.25, -0.2) is 4.79 Å². The van der Waals surface area contributed by atoms with Crippen LogP contribution in [0.3, 0.4) is 0 Å². The highest BCUT2D eigenvalue weighted by atomic mass is 19.3. The van der Waals surface area contributed by atoms with Gasteiger partial charge in [0.05, 0.1) is 6.10 Å². The summed E-state index contributed by atoms with van der Waals surface area (Å²) in [5, 5.41) is 0. The minimum absolute atomic E-state index is 0.498. The largest absolute Gasteiger partial charge is 0.459 e. The standard InChI is InChI=1S/C8H14F2O2/c1-5(2)8(9,10)7(11)12-6(3)4/h5-6H,1-4H3. The maximum atomic E-state index is 12.8. The third-order valence-corrected chi connectivity index (χ3v) is 1.34. The number of hydrogen-bond donors (Lipinski definition) is 0. The molecule has 0 saturated carbocycles. The summed E-state index contributed by atoms with van der Waals surface area (Å²) in [5.41, 5.74) is 0. The second kappa shape index (κ2) is 3.83. The summed E-state index contributed by atoms with van der Waals surface area (Å²) in [6.07, 6.45) is -0.498. The van der Waals surface area contributed by atoms with Gasteiger partial charge in [0, 0.05) is 5.92 Å². The molecule has 0 bridgehead atoms. The van der Waals surface area contributed by atoms with Gasteiger partial charge in [-0.15, -0.1) is 0 Å². The van der Waals surface area contributed by atoms with Crippen molar-refractivity contribution in [2.75, 3.05) is 0 Å². The van der Waals surface area contributed by atoms with Gasteiger partial charge in [-0.2, -0.15) is 8.78 Å². The van der Waals surface area contributed by atoms with Gasteiger partial charge in [-0.05, 0) is 13.8 Å². The van der Waals surface area contributed by atoms with E-state index < -0.39 is 23.9 Å². The summed E-state index contributed by atoms with van der Waals surface area (Å²) >= 11 is 0. The normalized spacial score (nSPS) is 12.3. The van der Waals surface area contributed by atoms with Crippen molar-refractivity contribution in [3.05, 3.63) is 0 Å². The predicted octanol–water partition coefficient (Wildman–Crippen LogP) is 2.23. The molecule has 0 rings (SSSR count). The Balaban J connectivity index is 4.26. The Hall–Kier alpha value is -0.670. The van der Waals surface area contributed by atoms with Crippen LogP contribution in [-0.2, 0) is 9.53 Å². The van der Waals surface area contributed by atoms with Crippen LogP contribution < -0.4 is 0 Å². The molecule has 0 heterocycles. The Morgan fingerprint density at radius 3 is 1.92 bits per heavy atom. The summed E-state index contributed by atoms with van der Waals surface area (Å²) in [5.74, 6) is -5.83. The van der Waals surface area contributed by atoms with Gasteiger partial charge >= 0.3 is 11.9 Å². The Labute approximate surface area is 70.9 Å². The van der Waals surface area contributed by atoms with Crippen LogP contribution in [0.25, 0.3) is 0 Å². The van der Waals surface area contributed by atoms with E-state index in [9.17, 15) is 13.6 Å². The minimum atomic E-state index is -3.37.